The zero-order valence-electron chi connectivity index (χ0n) is 16.2. The Kier molecular flexibility index (Phi) is 5.25. The van der Waals surface area contributed by atoms with Gasteiger partial charge in [0.2, 0.25) is 10.0 Å². The van der Waals surface area contributed by atoms with Gasteiger partial charge < -0.3 is 9.88 Å². The van der Waals surface area contributed by atoms with Gasteiger partial charge in [0, 0.05) is 42.4 Å². The Morgan fingerprint density at radius 3 is 2.41 bits per heavy atom. The SMILES string of the molecule is Cc1ccc(C(=O)Nc2cccc(S(=O)(=O)N3CCCC3)c2)cc1-n1cccc1. The van der Waals surface area contributed by atoms with E-state index in [2.05, 4.69) is 5.32 Å². The van der Waals surface area contributed by atoms with E-state index in [1.54, 1.807) is 24.3 Å². The third-order valence-electron chi connectivity index (χ3n) is 5.15. The molecule has 0 atom stereocenters. The van der Waals surface area contributed by atoms with Crippen LogP contribution in [0, 0.1) is 6.92 Å². The number of nitrogens with zero attached hydrogens (tertiary/aromatic N) is 2. The standard InChI is InChI=1S/C22H23N3O3S/c1-17-9-10-18(15-21(17)24-11-2-3-12-24)22(26)23-19-7-6-8-20(16-19)29(27,28)25-13-4-5-14-25/h2-3,6-12,15-16H,4-5,13-14H2,1H3,(H,23,26). The maximum absolute atomic E-state index is 12.8. The highest BCUT2D eigenvalue weighted by Gasteiger charge is 2.27. The van der Waals surface area contributed by atoms with Gasteiger partial charge in [-0.2, -0.15) is 4.31 Å². The van der Waals surface area contributed by atoms with Gasteiger partial charge in [0.25, 0.3) is 5.91 Å². The molecule has 29 heavy (non-hydrogen) atoms. The first kappa shape index (κ1) is 19.4. The van der Waals surface area contributed by atoms with Crippen LogP contribution in [0.25, 0.3) is 5.69 Å². The Hall–Kier alpha value is -2.90. The fourth-order valence-corrected chi connectivity index (χ4v) is 5.10. The molecule has 0 radical (unpaired) electrons. The summed E-state index contributed by atoms with van der Waals surface area (Å²) in [5, 5.41) is 2.82. The van der Waals surface area contributed by atoms with E-state index in [1.807, 2.05) is 48.1 Å². The molecule has 1 amide bonds. The number of carbonyl (C=O) groups is 1. The number of hydrogen-bond acceptors (Lipinski definition) is 3. The summed E-state index contributed by atoms with van der Waals surface area (Å²) < 4.78 is 29.0. The van der Waals surface area contributed by atoms with Crippen molar-refractivity contribution in [2.45, 2.75) is 24.7 Å². The molecule has 0 unspecified atom stereocenters. The highest BCUT2D eigenvalue weighted by molar-refractivity contribution is 7.89. The Labute approximate surface area is 170 Å². The van der Waals surface area contributed by atoms with E-state index in [9.17, 15) is 13.2 Å². The molecule has 3 aromatic rings. The molecule has 2 aromatic carbocycles. The highest BCUT2D eigenvalue weighted by Crippen LogP contribution is 2.24. The number of carbonyl (C=O) groups excluding carboxylic acids is 1. The zero-order valence-corrected chi connectivity index (χ0v) is 17.0. The number of anilines is 1. The molecule has 0 spiro atoms. The Morgan fingerprint density at radius 2 is 1.69 bits per heavy atom. The van der Waals surface area contributed by atoms with Crippen molar-refractivity contribution in [1.29, 1.82) is 0 Å². The molecular formula is C22H23N3O3S. The van der Waals surface area contributed by atoms with Crippen LogP contribution < -0.4 is 5.32 Å². The molecule has 1 aliphatic rings. The number of hydrogen-bond donors (Lipinski definition) is 1. The molecule has 1 N–H and O–H groups in total. The quantitative estimate of drug-likeness (QED) is 0.696. The fourth-order valence-electron chi connectivity index (χ4n) is 3.54. The molecule has 0 aliphatic carbocycles. The van der Waals surface area contributed by atoms with Crippen molar-refractivity contribution in [3.8, 4) is 5.69 Å². The van der Waals surface area contributed by atoms with Crippen LogP contribution in [-0.4, -0.2) is 36.3 Å². The minimum Gasteiger partial charge on any atom is -0.324 e. The lowest BCUT2D eigenvalue weighted by atomic mass is 10.1. The molecule has 4 rings (SSSR count). The minimum absolute atomic E-state index is 0.203. The average molecular weight is 410 g/mol. The second-order valence-electron chi connectivity index (χ2n) is 7.18. The van der Waals surface area contributed by atoms with Crippen LogP contribution in [0.2, 0.25) is 0 Å². The van der Waals surface area contributed by atoms with E-state index in [1.165, 1.54) is 10.4 Å². The summed E-state index contributed by atoms with van der Waals surface area (Å²) in [6, 6.07) is 15.8. The third-order valence-corrected chi connectivity index (χ3v) is 7.04. The minimum atomic E-state index is -3.52. The Morgan fingerprint density at radius 1 is 0.966 bits per heavy atom. The number of amides is 1. The van der Waals surface area contributed by atoms with Crippen LogP contribution in [-0.2, 0) is 10.0 Å². The van der Waals surface area contributed by atoms with E-state index < -0.39 is 10.0 Å². The number of sulfonamides is 1. The topological polar surface area (TPSA) is 71.4 Å². The van der Waals surface area contributed by atoms with Crippen molar-refractivity contribution in [2.75, 3.05) is 18.4 Å². The Bertz CT molecular complexity index is 1130. The maximum atomic E-state index is 12.8. The van der Waals surface area contributed by atoms with Gasteiger partial charge in [0.15, 0.2) is 0 Å². The highest BCUT2D eigenvalue weighted by atomic mass is 32.2. The first-order chi connectivity index (χ1) is 13.9. The van der Waals surface area contributed by atoms with E-state index >= 15 is 0 Å². The predicted octanol–water partition coefficient (Wildman–Crippen LogP) is 3.82. The summed E-state index contributed by atoms with van der Waals surface area (Å²) in [5.41, 5.74) is 2.94. The first-order valence-corrected chi connectivity index (χ1v) is 11.0. The van der Waals surface area contributed by atoms with Crippen LogP contribution in [0.15, 0.2) is 71.9 Å². The molecule has 6 nitrogen and oxygen atoms in total. The number of aryl methyl sites for hydroxylation is 1. The van der Waals surface area contributed by atoms with Gasteiger partial charge >= 0.3 is 0 Å². The van der Waals surface area contributed by atoms with E-state index in [-0.39, 0.29) is 10.8 Å². The van der Waals surface area contributed by atoms with Gasteiger partial charge in [0.1, 0.15) is 0 Å². The third kappa shape index (κ3) is 3.97. The smallest absolute Gasteiger partial charge is 0.255 e. The summed E-state index contributed by atoms with van der Waals surface area (Å²) in [4.78, 5) is 13.0. The van der Waals surface area contributed by atoms with Gasteiger partial charge in [-0.05, 0) is 67.8 Å². The number of aromatic nitrogens is 1. The molecule has 150 valence electrons. The maximum Gasteiger partial charge on any atom is 0.255 e. The van der Waals surface area contributed by atoms with Crippen molar-refractivity contribution in [2.24, 2.45) is 0 Å². The van der Waals surface area contributed by atoms with Gasteiger partial charge in [-0.15, -0.1) is 0 Å². The van der Waals surface area contributed by atoms with Gasteiger partial charge in [0.05, 0.1) is 4.90 Å². The summed E-state index contributed by atoms with van der Waals surface area (Å²) in [5.74, 6) is -0.283. The van der Waals surface area contributed by atoms with Crippen LogP contribution in [0.4, 0.5) is 5.69 Å². The van der Waals surface area contributed by atoms with Crippen molar-refractivity contribution in [3.63, 3.8) is 0 Å². The predicted molar refractivity (Wildman–Crippen MR) is 113 cm³/mol. The first-order valence-electron chi connectivity index (χ1n) is 9.61. The van der Waals surface area contributed by atoms with Gasteiger partial charge in [-0.1, -0.05) is 12.1 Å². The van der Waals surface area contributed by atoms with Gasteiger partial charge in [-0.3, -0.25) is 4.79 Å². The molecule has 1 aromatic heterocycles. The summed E-state index contributed by atoms with van der Waals surface area (Å²) >= 11 is 0. The number of benzene rings is 2. The fraction of sp³-hybridized carbons (Fsp3) is 0.227. The molecular weight excluding hydrogens is 386 g/mol. The zero-order chi connectivity index (χ0) is 20.4. The van der Waals surface area contributed by atoms with E-state index in [4.69, 9.17) is 0 Å². The van der Waals surface area contributed by atoms with Crippen LogP contribution >= 0.6 is 0 Å². The molecule has 0 saturated carbocycles. The van der Waals surface area contributed by atoms with Crippen molar-refractivity contribution in [1.82, 2.24) is 8.87 Å². The summed E-state index contributed by atoms with van der Waals surface area (Å²) in [6.07, 6.45) is 5.62. The normalized spacial score (nSPS) is 14.8. The molecule has 1 aliphatic heterocycles. The molecule has 7 heteroatoms. The monoisotopic (exact) mass is 409 g/mol. The van der Waals surface area contributed by atoms with Crippen LogP contribution in [0.3, 0.4) is 0 Å². The lowest BCUT2D eigenvalue weighted by Gasteiger charge is -2.16. The number of rotatable bonds is 5. The summed E-state index contributed by atoms with van der Waals surface area (Å²) in [7, 11) is -3.52. The van der Waals surface area contributed by atoms with Crippen LogP contribution in [0.1, 0.15) is 28.8 Å². The summed E-state index contributed by atoms with van der Waals surface area (Å²) in [6.45, 7) is 3.08. The lowest BCUT2D eigenvalue weighted by Crippen LogP contribution is -2.27. The van der Waals surface area contributed by atoms with Crippen molar-refractivity contribution in [3.05, 3.63) is 78.1 Å². The van der Waals surface area contributed by atoms with Crippen molar-refractivity contribution >= 4 is 21.6 Å². The van der Waals surface area contributed by atoms with E-state index in [0.29, 0.717) is 24.3 Å². The van der Waals surface area contributed by atoms with Gasteiger partial charge in [-0.25, -0.2) is 8.42 Å². The molecule has 0 bridgehead atoms. The van der Waals surface area contributed by atoms with Crippen molar-refractivity contribution < 1.29 is 13.2 Å². The van der Waals surface area contributed by atoms with Crippen LogP contribution in [0.5, 0.6) is 0 Å². The average Bonchev–Trinajstić information content (AvgIpc) is 3.43. The molecule has 1 fully saturated rings. The lowest BCUT2D eigenvalue weighted by molar-refractivity contribution is 0.102. The number of nitrogens with one attached hydrogen (secondary N) is 1. The second-order valence-corrected chi connectivity index (χ2v) is 9.12. The molecule has 2 heterocycles. The Balaban J connectivity index is 1.57. The molecule has 1 saturated heterocycles. The second kappa shape index (κ2) is 7.85. The van der Waals surface area contributed by atoms with E-state index in [0.717, 1.165) is 24.1 Å². The largest absolute Gasteiger partial charge is 0.324 e.